The molecule has 0 bridgehead atoms. The Bertz CT molecular complexity index is 430. The van der Waals surface area contributed by atoms with Crippen molar-refractivity contribution in [1.82, 2.24) is 16.0 Å². The highest BCUT2D eigenvalue weighted by atomic mass is 16.5. The highest BCUT2D eigenvalue weighted by molar-refractivity contribution is 5.81. The minimum absolute atomic E-state index is 0.0231. The molecule has 1 aliphatic carbocycles. The van der Waals surface area contributed by atoms with E-state index in [9.17, 15) is 9.90 Å². The van der Waals surface area contributed by atoms with Crippen LogP contribution in [-0.2, 0) is 9.53 Å². The third-order valence-corrected chi connectivity index (χ3v) is 5.30. The van der Waals surface area contributed by atoms with E-state index in [1.54, 1.807) is 7.05 Å². The van der Waals surface area contributed by atoms with E-state index in [0.29, 0.717) is 38.1 Å². The highest BCUT2D eigenvalue weighted by Crippen LogP contribution is 2.31. The molecule has 2 rings (SSSR count). The van der Waals surface area contributed by atoms with E-state index in [1.165, 1.54) is 19.3 Å². The lowest BCUT2D eigenvalue weighted by Crippen LogP contribution is -2.45. The van der Waals surface area contributed by atoms with Crippen molar-refractivity contribution in [3.63, 3.8) is 0 Å². The monoisotopic (exact) mass is 354 g/mol. The second-order valence-corrected chi connectivity index (χ2v) is 7.28. The lowest BCUT2D eigenvalue weighted by molar-refractivity contribution is -0.121. The average molecular weight is 354 g/mol. The van der Waals surface area contributed by atoms with Crippen molar-refractivity contribution >= 4 is 11.9 Å². The molecule has 1 aliphatic heterocycles. The largest absolute Gasteiger partial charge is 0.396 e. The van der Waals surface area contributed by atoms with Crippen LogP contribution in [0.15, 0.2) is 4.99 Å². The van der Waals surface area contributed by atoms with Crippen LogP contribution in [0, 0.1) is 5.41 Å². The van der Waals surface area contributed by atoms with Gasteiger partial charge in [-0.05, 0) is 25.7 Å². The second kappa shape index (κ2) is 10.6. The van der Waals surface area contributed by atoms with Crippen LogP contribution in [0.1, 0.15) is 51.4 Å². The fourth-order valence-corrected chi connectivity index (χ4v) is 3.64. The molecule has 1 saturated heterocycles. The zero-order chi connectivity index (χ0) is 18.0. The van der Waals surface area contributed by atoms with E-state index in [-0.39, 0.29) is 17.9 Å². The van der Waals surface area contributed by atoms with Gasteiger partial charge in [-0.3, -0.25) is 9.79 Å². The summed E-state index contributed by atoms with van der Waals surface area (Å²) in [7, 11) is 1.72. The van der Waals surface area contributed by atoms with Gasteiger partial charge in [-0.25, -0.2) is 0 Å². The van der Waals surface area contributed by atoms with Gasteiger partial charge in [0.1, 0.15) is 0 Å². The molecule has 0 aromatic heterocycles. The predicted molar refractivity (Wildman–Crippen MR) is 98.6 cm³/mol. The summed E-state index contributed by atoms with van der Waals surface area (Å²) in [6.45, 7) is 2.85. The molecule has 0 radical (unpaired) electrons. The number of nitrogens with zero attached hydrogens (tertiary/aromatic N) is 1. The first-order chi connectivity index (χ1) is 12.2. The van der Waals surface area contributed by atoms with E-state index in [0.717, 1.165) is 32.3 Å². The van der Waals surface area contributed by atoms with Crippen molar-refractivity contribution in [2.24, 2.45) is 10.4 Å². The third-order valence-electron chi connectivity index (χ3n) is 5.30. The van der Waals surface area contributed by atoms with Gasteiger partial charge in [0.15, 0.2) is 5.96 Å². The number of carbonyl (C=O) groups is 1. The van der Waals surface area contributed by atoms with Crippen molar-refractivity contribution in [2.45, 2.75) is 57.4 Å². The topological polar surface area (TPSA) is 95.0 Å². The van der Waals surface area contributed by atoms with Crippen molar-refractivity contribution in [2.75, 3.05) is 40.0 Å². The molecule has 1 heterocycles. The average Bonchev–Trinajstić information content (AvgIpc) is 3.08. The molecule has 0 aromatic carbocycles. The molecular formula is C18H34N4O3. The number of ether oxygens (including phenoxy) is 1. The summed E-state index contributed by atoms with van der Waals surface area (Å²) in [6, 6.07) is 0.361. The first-order valence-electron chi connectivity index (χ1n) is 9.60. The Morgan fingerprint density at radius 3 is 2.72 bits per heavy atom. The summed E-state index contributed by atoms with van der Waals surface area (Å²) < 4.78 is 5.50. The molecule has 2 fully saturated rings. The standard InChI is InChI=1S/C18H34N4O3/c1-19-17(21-13-18(8-11-23)9-12-25-14-18)20-10-7-16(24)22-15-5-3-2-4-6-15/h15,23H,2-14H2,1H3,(H,22,24)(H2,19,20,21). The summed E-state index contributed by atoms with van der Waals surface area (Å²) in [5, 5.41) is 18.9. The Labute approximate surface area is 151 Å². The normalized spacial score (nSPS) is 25.0. The number of guanidine groups is 1. The molecule has 4 N–H and O–H groups in total. The molecule has 144 valence electrons. The van der Waals surface area contributed by atoms with E-state index >= 15 is 0 Å². The van der Waals surface area contributed by atoms with Crippen LogP contribution in [0.5, 0.6) is 0 Å². The van der Waals surface area contributed by atoms with Gasteiger partial charge in [-0.1, -0.05) is 19.3 Å². The van der Waals surface area contributed by atoms with Crippen molar-refractivity contribution in [3.05, 3.63) is 0 Å². The fraction of sp³-hybridized carbons (Fsp3) is 0.889. The molecular weight excluding hydrogens is 320 g/mol. The number of nitrogens with one attached hydrogen (secondary N) is 3. The van der Waals surface area contributed by atoms with E-state index in [4.69, 9.17) is 4.74 Å². The minimum Gasteiger partial charge on any atom is -0.396 e. The Hall–Kier alpha value is -1.34. The number of aliphatic hydroxyl groups is 1. The second-order valence-electron chi connectivity index (χ2n) is 7.28. The molecule has 1 saturated carbocycles. The summed E-state index contributed by atoms with van der Waals surface area (Å²) in [4.78, 5) is 16.2. The maximum atomic E-state index is 12.0. The summed E-state index contributed by atoms with van der Waals surface area (Å²) in [5.41, 5.74) is -0.0231. The van der Waals surface area contributed by atoms with Crippen molar-refractivity contribution in [3.8, 4) is 0 Å². The van der Waals surface area contributed by atoms with Gasteiger partial charge in [-0.2, -0.15) is 0 Å². The number of carbonyl (C=O) groups excluding carboxylic acids is 1. The van der Waals surface area contributed by atoms with Gasteiger partial charge in [0, 0.05) is 51.2 Å². The number of amides is 1. The van der Waals surface area contributed by atoms with Crippen LogP contribution in [0.2, 0.25) is 0 Å². The van der Waals surface area contributed by atoms with Gasteiger partial charge in [0.05, 0.1) is 6.61 Å². The lowest BCUT2D eigenvalue weighted by Gasteiger charge is -2.27. The van der Waals surface area contributed by atoms with Gasteiger partial charge in [0.25, 0.3) is 0 Å². The zero-order valence-corrected chi connectivity index (χ0v) is 15.5. The fourth-order valence-electron chi connectivity index (χ4n) is 3.64. The van der Waals surface area contributed by atoms with Gasteiger partial charge < -0.3 is 25.8 Å². The number of rotatable bonds is 8. The number of hydrogen-bond acceptors (Lipinski definition) is 4. The molecule has 7 heteroatoms. The van der Waals surface area contributed by atoms with Gasteiger partial charge in [-0.15, -0.1) is 0 Å². The molecule has 25 heavy (non-hydrogen) atoms. The predicted octanol–water partition coefficient (Wildman–Crippen LogP) is 0.780. The SMILES string of the molecule is CN=C(NCCC(=O)NC1CCCCC1)NCC1(CCO)CCOC1. The number of aliphatic imine (C=N–C) groups is 1. The van der Waals surface area contributed by atoms with Crippen molar-refractivity contribution in [1.29, 1.82) is 0 Å². The van der Waals surface area contributed by atoms with Gasteiger partial charge in [0.2, 0.25) is 5.91 Å². The van der Waals surface area contributed by atoms with Crippen LogP contribution in [-0.4, -0.2) is 63.0 Å². The maximum absolute atomic E-state index is 12.0. The molecule has 0 aromatic rings. The summed E-state index contributed by atoms with van der Waals surface area (Å²) in [6.07, 6.45) is 8.07. The Morgan fingerprint density at radius 2 is 2.08 bits per heavy atom. The molecule has 7 nitrogen and oxygen atoms in total. The van der Waals surface area contributed by atoms with Crippen LogP contribution in [0.25, 0.3) is 0 Å². The van der Waals surface area contributed by atoms with Crippen molar-refractivity contribution < 1.29 is 14.6 Å². The van der Waals surface area contributed by atoms with E-state index in [1.807, 2.05) is 0 Å². The number of aliphatic hydroxyl groups excluding tert-OH is 1. The Balaban J connectivity index is 1.65. The first kappa shape index (κ1) is 20.0. The van der Waals surface area contributed by atoms with Crippen LogP contribution >= 0.6 is 0 Å². The Kier molecular flexibility index (Phi) is 8.48. The molecule has 0 spiro atoms. The Morgan fingerprint density at radius 1 is 1.28 bits per heavy atom. The van der Waals surface area contributed by atoms with Crippen LogP contribution in [0.3, 0.4) is 0 Å². The summed E-state index contributed by atoms with van der Waals surface area (Å²) in [5.74, 6) is 0.797. The minimum atomic E-state index is -0.0231. The quantitative estimate of drug-likeness (QED) is 0.382. The first-order valence-corrected chi connectivity index (χ1v) is 9.60. The van der Waals surface area contributed by atoms with Gasteiger partial charge >= 0.3 is 0 Å². The summed E-state index contributed by atoms with van der Waals surface area (Å²) >= 11 is 0. The van der Waals surface area contributed by atoms with Crippen LogP contribution < -0.4 is 16.0 Å². The van der Waals surface area contributed by atoms with E-state index < -0.39 is 0 Å². The van der Waals surface area contributed by atoms with E-state index in [2.05, 4.69) is 20.9 Å². The lowest BCUT2D eigenvalue weighted by atomic mass is 9.84. The maximum Gasteiger partial charge on any atom is 0.221 e. The highest BCUT2D eigenvalue weighted by Gasteiger charge is 2.34. The molecule has 2 aliphatic rings. The smallest absolute Gasteiger partial charge is 0.221 e. The molecule has 1 unspecified atom stereocenters. The molecule has 1 amide bonds. The molecule has 1 atom stereocenters. The third kappa shape index (κ3) is 6.82. The number of hydrogen-bond donors (Lipinski definition) is 4. The van der Waals surface area contributed by atoms with Crippen LogP contribution in [0.4, 0.5) is 0 Å². The zero-order valence-electron chi connectivity index (χ0n) is 15.5.